The molecule has 1 saturated carbocycles. The summed E-state index contributed by atoms with van der Waals surface area (Å²) in [6.45, 7) is 4.38. The Balaban J connectivity index is 2.30. The third kappa shape index (κ3) is 3.64. The fourth-order valence-electron chi connectivity index (χ4n) is 1.85. The van der Waals surface area contributed by atoms with E-state index in [4.69, 9.17) is 5.26 Å². The van der Waals surface area contributed by atoms with Crippen LogP contribution in [0.15, 0.2) is 0 Å². The molecule has 1 amide bonds. The Labute approximate surface area is 109 Å². The first kappa shape index (κ1) is 14.4. The summed E-state index contributed by atoms with van der Waals surface area (Å²) in [5, 5.41) is 9.15. The summed E-state index contributed by atoms with van der Waals surface area (Å²) in [6.07, 6.45) is 3.88. The number of thioether (sulfide) groups is 1. The van der Waals surface area contributed by atoms with E-state index in [9.17, 15) is 4.79 Å². The van der Waals surface area contributed by atoms with Crippen molar-refractivity contribution in [3.05, 3.63) is 0 Å². The fraction of sp³-hybridized carbons (Fsp3) is 0.846. The van der Waals surface area contributed by atoms with E-state index in [0.717, 1.165) is 31.4 Å². The topological polar surface area (TPSA) is 44.1 Å². The van der Waals surface area contributed by atoms with E-state index in [1.54, 1.807) is 23.7 Å². The van der Waals surface area contributed by atoms with Crippen LogP contribution in [0.1, 0.15) is 39.5 Å². The summed E-state index contributed by atoms with van der Waals surface area (Å²) in [6, 6.07) is 2.30. The van der Waals surface area contributed by atoms with Crippen LogP contribution in [-0.2, 0) is 4.79 Å². The molecular formula is C13H22N2OS. The molecule has 1 rings (SSSR count). The van der Waals surface area contributed by atoms with Gasteiger partial charge in [-0.15, -0.1) is 0 Å². The van der Waals surface area contributed by atoms with E-state index in [2.05, 4.69) is 19.9 Å². The van der Waals surface area contributed by atoms with Crippen molar-refractivity contribution in [2.24, 2.45) is 5.92 Å². The molecular weight excluding hydrogens is 232 g/mol. The molecule has 96 valence electrons. The lowest BCUT2D eigenvalue weighted by molar-refractivity contribution is -0.133. The van der Waals surface area contributed by atoms with Gasteiger partial charge in [-0.25, -0.2) is 0 Å². The highest BCUT2D eigenvalue weighted by Gasteiger charge is 2.43. The van der Waals surface area contributed by atoms with Crippen molar-refractivity contribution < 1.29 is 4.79 Å². The van der Waals surface area contributed by atoms with E-state index in [1.165, 1.54) is 0 Å². The van der Waals surface area contributed by atoms with Gasteiger partial charge in [-0.3, -0.25) is 4.79 Å². The lowest BCUT2D eigenvalue weighted by Gasteiger charge is -2.42. The van der Waals surface area contributed by atoms with Crippen LogP contribution in [-0.4, -0.2) is 34.9 Å². The zero-order valence-corrected chi connectivity index (χ0v) is 11.8. The molecule has 1 aliphatic carbocycles. The van der Waals surface area contributed by atoms with Crippen molar-refractivity contribution in [3.63, 3.8) is 0 Å². The van der Waals surface area contributed by atoms with Gasteiger partial charge in [-0.2, -0.15) is 17.0 Å². The van der Waals surface area contributed by atoms with Crippen LogP contribution in [0.3, 0.4) is 0 Å². The van der Waals surface area contributed by atoms with Crippen LogP contribution in [0.5, 0.6) is 0 Å². The Morgan fingerprint density at radius 1 is 1.53 bits per heavy atom. The van der Waals surface area contributed by atoms with E-state index >= 15 is 0 Å². The number of amides is 1. The van der Waals surface area contributed by atoms with Gasteiger partial charge in [-0.05, 0) is 37.4 Å². The molecule has 0 aromatic carbocycles. The van der Waals surface area contributed by atoms with Gasteiger partial charge < -0.3 is 4.90 Å². The summed E-state index contributed by atoms with van der Waals surface area (Å²) in [5.74, 6) is 2.32. The minimum absolute atomic E-state index is 0.0972. The Bertz CT molecular complexity index is 305. The summed E-state index contributed by atoms with van der Waals surface area (Å²) < 4.78 is 0. The maximum Gasteiger partial charge on any atom is 0.233 e. The van der Waals surface area contributed by atoms with Gasteiger partial charge in [0.05, 0.1) is 11.8 Å². The number of hydrogen-bond acceptors (Lipinski definition) is 3. The number of carbonyl (C=O) groups excluding carboxylic acids is 1. The summed E-state index contributed by atoms with van der Waals surface area (Å²) in [4.78, 5) is 13.6. The second-order valence-electron chi connectivity index (χ2n) is 5.18. The minimum atomic E-state index is -0.490. The number of rotatable bonds is 6. The average molecular weight is 254 g/mol. The first-order valence-corrected chi connectivity index (χ1v) is 7.43. The molecule has 0 aromatic rings. The Morgan fingerprint density at radius 3 is 2.59 bits per heavy atom. The lowest BCUT2D eigenvalue weighted by atomic mass is 9.77. The van der Waals surface area contributed by atoms with Gasteiger partial charge in [0.15, 0.2) is 0 Å². The normalized spacial score (nSPS) is 17.4. The maximum atomic E-state index is 11.9. The highest BCUT2D eigenvalue weighted by molar-refractivity contribution is 7.99. The van der Waals surface area contributed by atoms with Crippen molar-refractivity contribution in [3.8, 4) is 6.07 Å². The molecule has 0 aromatic heterocycles. The highest BCUT2D eigenvalue weighted by Crippen LogP contribution is 2.36. The molecule has 1 fully saturated rings. The number of carbonyl (C=O) groups is 1. The molecule has 0 bridgehead atoms. The largest absolute Gasteiger partial charge is 0.326 e. The number of nitrogens with zero attached hydrogens (tertiary/aromatic N) is 2. The molecule has 0 unspecified atom stereocenters. The molecule has 0 atom stereocenters. The zero-order valence-electron chi connectivity index (χ0n) is 11.0. The monoisotopic (exact) mass is 254 g/mol. The van der Waals surface area contributed by atoms with Gasteiger partial charge in [0.25, 0.3) is 0 Å². The first-order valence-electron chi connectivity index (χ1n) is 6.27. The van der Waals surface area contributed by atoms with Crippen LogP contribution in [0.2, 0.25) is 0 Å². The van der Waals surface area contributed by atoms with Crippen molar-refractivity contribution in [1.82, 2.24) is 4.90 Å². The number of hydrogen-bond donors (Lipinski definition) is 0. The van der Waals surface area contributed by atoms with E-state index in [0.29, 0.717) is 11.7 Å². The summed E-state index contributed by atoms with van der Waals surface area (Å²) in [7, 11) is 1.77. The fourth-order valence-corrected chi connectivity index (χ4v) is 3.00. The second kappa shape index (κ2) is 6.30. The maximum absolute atomic E-state index is 11.9. The molecule has 0 saturated heterocycles. The molecule has 17 heavy (non-hydrogen) atoms. The third-order valence-corrected chi connectivity index (χ3v) is 4.45. The van der Waals surface area contributed by atoms with Gasteiger partial charge in [0.1, 0.15) is 5.54 Å². The van der Waals surface area contributed by atoms with Crippen LogP contribution in [0, 0.1) is 17.2 Å². The average Bonchev–Trinajstić information content (AvgIpc) is 2.23. The van der Waals surface area contributed by atoms with Crippen LogP contribution < -0.4 is 0 Å². The molecule has 0 heterocycles. The van der Waals surface area contributed by atoms with Crippen molar-refractivity contribution in [1.29, 1.82) is 5.26 Å². The van der Waals surface area contributed by atoms with Gasteiger partial charge in [-0.1, -0.05) is 13.8 Å². The Hall–Kier alpha value is -0.690. The number of nitriles is 1. The molecule has 0 aliphatic heterocycles. The Morgan fingerprint density at radius 2 is 2.18 bits per heavy atom. The molecule has 3 nitrogen and oxygen atoms in total. The SMILES string of the molecule is CC(C)CCSCC(=O)N(C)C1(C#N)CCC1. The third-order valence-electron chi connectivity index (χ3n) is 3.47. The van der Waals surface area contributed by atoms with E-state index < -0.39 is 5.54 Å². The predicted octanol–water partition coefficient (Wildman–Crippen LogP) is 2.67. The van der Waals surface area contributed by atoms with Crippen LogP contribution >= 0.6 is 11.8 Å². The van der Waals surface area contributed by atoms with E-state index in [-0.39, 0.29) is 5.91 Å². The minimum Gasteiger partial charge on any atom is -0.326 e. The Kier molecular flexibility index (Phi) is 5.32. The second-order valence-corrected chi connectivity index (χ2v) is 6.29. The molecule has 1 aliphatic rings. The lowest BCUT2D eigenvalue weighted by Crippen LogP contribution is -2.53. The molecule has 4 heteroatoms. The van der Waals surface area contributed by atoms with Gasteiger partial charge in [0, 0.05) is 7.05 Å². The molecule has 0 spiro atoms. The van der Waals surface area contributed by atoms with E-state index in [1.807, 2.05) is 0 Å². The predicted molar refractivity (Wildman–Crippen MR) is 71.7 cm³/mol. The van der Waals surface area contributed by atoms with Crippen LogP contribution in [0.25, 0.3) is 0 Å². The molecule has 0 N–H and O–H groups in total. The van der Waals surface area contributed by atoms with Crippen molar-refractivity contribution >= 4 is 17.7 Å². The smallest absolute Gasteiger partial charge is 0.233 e. The summed E-state index contributed by atoms with van der Waals surface area (Å²) >= 11 is 1.68. The quantitative estimate of drug-likeness (QED) is 0.684. The standard InChI is InChI=1S/C13H22N2OS/c1-11(2)5-8-17-9-12(16)15(3)13(10-14)6-4-7-13/h11H,4-9H2,1-3H3. The van der Waals surface area contributed by atoms with Crippen molar-refractivity contribution in [2.75, 3.05) is 18.6 Å². The van der Waals surface area contributed by atoms with Gasteiger partial charge in [0.2, 0.25) is 5.91 Å². The highest BCUT2D eigenvalue weighted by atomic mass is 32.2. The van der Waals surface area contributed by atoms with Gasteiger partial charge >= 0.3 is 0 Å². The molecule has 0 radical (unpaired) electrons. The van der Waals surface area contributed by atoms with Crippen molar-refractivity contribution in [2.45, 2.75) is 45.1 Å². The zero-order chi connectivity index (χ0) is 12.9. The van der Waals surface area contributed by atoms with Crippen LogP contribution in [0.4, 0.5) is 0 Å². The summed E-state index contributed by atoms with van der Waals surface area (Å²) in [5.41, 5.74) is -0.490. The first-order chi connectivity index (χ1) is 8.02.